The molecule has 1 aromatic carbocycles. The van der Waals surface area contributed by atoms with Crippen LogP contribution in [0.4, 0.5) is 10.1 Å². The van der Waals surface area contributed by atoms with Crippen molar-refractivity contribution in [2.24, 2.45) is 16.0 Å². The number of amidine groups is 1. The van der Waals surface area contributed by atoms with E-state index in [1.807, 2.05) is 0 Å². The first-order valence-electron chi connectivity index (χ1n) is 9.41. The Morgan fingerprint density at radius 3 is 3.03 bits per heavy atom. The number of likely N-dealkylation sites (tertiary alicyclic amines) is 1. The van der Waals surface area contributed by atoms with Crippen LogP contribution in [-0.4, -0.2) is 50.4 Å². The first-order valence-corrected chi connectivity index (χ1v) is 10.9. The molecule has 1 amide bonds. The van der Waals surface area contributed by atoms with Crippen LogP contribution >= 0.6 is 11.0 Å². The Hall–Kier alpha value is -2.89. The van der Waals surface area contributed by atoms with Gasteiger partial charge in [-0.25, -0.2) is 4.98 Å². The van der Waals surface area contributed by atoms with E-state index < -0.39 is 16.9 Å². The standard InChI is InChI=1S/C19H22FN5O4S/c20-16-9-13(6-7-22-16)19(26)25-8-2-3-12(10-25)11-29-15-5-1-4-14-17(15)18(21)24-30(27,28)23-14/h1,4-7,9,12,23,27-28H,2-3,8,10-11H2,(H2,21,24). The first kappa shape index (κ1) is 20.4. The minimum Gasteiger partial charge on any atom is -0.492 e. The van der Waals surface area contributed by atoms with Gasteiger partial charge in [0.05, 0.1) is 17.9 Å². The van der Waals surface area contributed by atoms with E-state index in [0.29, 0.717) is 36.7 Å². The Balaban J connectivity index is 1.43. The lowest BCUT2D eigenvalue weighted by Gasteiger charge is -2.34. The number of pyridine rings is 1. The molecule has 1 unspecified atom stereocenters. The number of nitrogens with one attached hydrogen (secondary N) is 1. The predicted octanol–water partition coefficient (Wildman–Crippen LogP) is 2.86. The summed E-state index contributed by atoms with van der Waals surface area (Å²) in [5.41, 5.74) is 7.09. The first-order chi connectivity index (χ1) is 14.3. The van der Waals surface area contributed by atoms with Crippen molar-refractivity contribution < 1.29 is 23.0 Å². The van der Waals surface area contributed by atoms with Gasteiger partial charge in [0.15, 0.2) is 5.84 Å². The Morgan fingerprint density at radius 2 is 2.23 bits per heavy atom. The monoisotopic (exact) mass is 435 g/mol. The summed E-state index contributed by atoms with van der Waals surface area (Å²) in [5, 5.41) is 0. The summed E-state index contributed by atoms with van der Waals surface area (Å²) < 4.78 is 45.1. The van der Waals surface area contributed by atoms with Crippen molar-refractivity contribution in [1.82, 2.24) is 9.88 Å². The lowest BCUT2D eigenvalue weighted by molar-refractivity contribution is 0.0632. The van der Waals surface area contributed by atoms with Crippen LogP contribution in [-0.2, 0) is 0 Å². The van der Waals surface area contributed by atoms with Crippen molar-refractivity contribution in [2.75, 3.05) is 24.4 Å². The largest absolute Gasteiger partial charge is 0.492 e. The highest BCUT2D eigenvalue weighted by molar-refractivity contribution is 8.24. The summed E-state index contributed by atoms with van der Waals surface area (Å²) in [6.45, 7) is 1.43. The number of anilines is 1. The molecular weight excluding hydrogens is 413 g/mol. The van der Waals surface area contributed by atoms with Crippen molar-refractivity contribution in [1.29, 1.82) is 0 Å². The molecule has 2 aromatic rings. The number of nitrogens with zero attached hydrogens (tertiary/aromatic N) is 3. The van der Waals surface area contributed by atoms with Crippen molar-refractivity contribution in [2.45, 2.75) is 12.8 Å². The summed E-state index contributed by atoms with van der Waals surface area (Å²) in [4.78, 5) is 17.8. The smallest absolute Gasteiger partial charge is 0.254 e. The van der Waals surface area contributed by atoms with E-state index in [1.54, 1.807) is 23.1 Å². The molecule has 0 spiro atoms. The number of carbonyl (C=O) groups is 1. The van der Waals surface area contributed by atoms with E-state index in [2.05, 4.69) is 14.1 Å². The maximum Gasteiger partial charge on any atom is 0.254 e. The van der Waals surface area contributed by atoms with Gasteiger partial charge in [0.1, 0.15) is 5.75 Å². The van der Waals surface area contributed by atoms with Crippen LogP contribution in [0.2, 0.25) is 0 Å². The zero-order chi connectivity index (χ0) is 21.3. The lowest BCUT2D eigenvalue weighted by Crippen LogP contribution is -2.41. The molecule has 0 radical (unpaired) electrons. The van der Waals surface area contributed by atoms with Gasteiger partial charge in [-0.1, -0.05) is 6.07 Å². The minimum atomic E-state index is -3.36. The Kier molecular flexibility index (Phi) is 5.50. The second kappa shape index (κ2) is 8.09. The fraction of sp³-hybridized carbons (Fsp3) is 0.316. The van der Waals surface area contributed by atoms with E-state index in [0.717, 1.165) is 18.9 Å². The molecule has 2 aliphatic heterocycles. The number of carbonyl (C=O) groups excluding carboxylic acids is 1. The molecule has 160 valence electrons. The summed E-state index contributed by atoms with van der Waals surface area (Å²) in [6, 6.07) is 7.74. The number of amides is 1. The van der Waals surface area contributed by atoms with Gasteiger partial charge in [0, 0.05) is 36.8 Å². The molecule has 11 heteroatoms. The SMILES string of the molecule is NC1=NS(O)(O)Nc2cccc(OCC3CCCN(C(=O)c4ccnc(F)c4)C3)c21. The number of ether oxygens (including phenoxy) is 1. The van der Waals surface area contributed by atoms with Crippen LogP contribution < -0.4 is 15.2 Å². The second-order valence-corrected chi connectivity index (χ2v) is 8.64. The average molecular weight is 435 g/mol. The number of piperidine rings is 1. The van der Waals surface area contributed by atoms with Crippen LogP contribution in [0.5, 0.6) is 5.75 Å². The number of halogens is 1. The van der Waals surface area contributed by atoms with Gasteiger partial charge in [-0.3, -0.25) is 18.6 Å². The van der Waals surface area contributed by atoms with Gasteiger partial charge in [-0.2, -0.15) is 4.39 Å². The third-order valence-corrected chi connectivity index (χ3v) is 5.95. The van der Waals surface area contributed by atoms with E-state index in [9.17, 15) is 18.3 Å². The fourth-order valence-corrected chi connectivity index (χ4v) is 4.54. The van der Waals surface area contributed by atoms with Crippen LogP contribution in [0.25, 0.3) is 0 Å². The number of rotatable bonds is 4. The highest BCUT2D eigenvalue weighted by Gasteiger charge is 2.28. The minimum absolute atomic E-state index is 0.0143. The Bertz CT molecular complexity index is 1000. The van der Waals surface area contributed by atoms with E-state index >= 15 is 0 Å². The molecular formula is C19H22FN5O4S. The number of benzene rings is 1. The van der Waals surface area contributed by atoms with Gasteiger partial charge in [-0.15, -0.1) is 4.40 Å². The highest BCUT2D eigenvalue weighted by Crippen LogP contribution is 2.46. The molecule has 1 atom stereocenters. The molecule has 0 aliphatic carbocycles. The molecule has 0 saturated carbocycles. The molecule has 9 nitrogen and oxygen atoms in total. The average Bonchev–Trinajstić information content (AvgIpc) is 2.70. The highest BCUT2D eigenvalue weighted by atomic mass is 32.3. The van der Waals surface area contributed by atoms with Crippen molar-refractivity contribution >= 4 is 28.4 Å². The summed E-state index contributed by atoms with van der Waals surface area (Å²) in [7, 11) is -3.36. The van der Waals surface area contributed by atoms with Crippen LogP contribution in [0.3, 0.4) is 0 Å². The van der Waals surface area contributed by atoms with Crippen molar-refractivity contribution in [3.05, 3.63) is 53.6 Å². The fourth-order valence-electron chi connectivity index (χ4n) is 3.67. The predicted molar refractivity (Wildman–Crippen MR) is 112 cm³/mol. The molecule has 30 heavy (non-hydrogen) atoms. The zero-order valence-electron chi connectivity index (χ0n) is 16.0. The van der Waals surface area contributed by atoms with E-state index in [4.69, 9.17) is 10.5 Å². The van der Waals surface area contributed by atoms with Gasteiger partial charge < -0.3 is 15.4 Å². The number of aromatic nitrogens is 1. The maximum absolute atomic E-state index is 13.3. The van der Waals surface area contributed by atoms with E-state index in [-0.39, 0.29) is 23.2 Å². The molecule has 0 bridgehead atoms. The lowest BCUT2D eigenvalue weighted by atomic mass is 9.98. The number of hydrogen-bond acceptors (Lipinski definition) is 8. The molecule has 4 rings (SSSR count). The Labute approximate surface area is 174 Å². The summed E-state index contributed by atoms with van der Waals surface area (Å²) in [5.74, 6) is -0.379. The van der Waals surface area contributed by atoms with Crippen LogP contribution in [0, 0.1) is 11.9 Å². The number of nitrogens with two attached hydrogens (primary N) is 1. The molecule has 5 N–H and O–H groups in total. The normalized spacial score (nSPS) is 21.1. The maximum atomic E-state index is 13.3. The molecule has 1 aromatic heterocycles. The number of fused-ring (bicyclic) bond motifs is 1. The summed E-state index contributed by atoms with van der Waals surface area (Å²) in [6.07, 6.45) is 2.97. The second-order valence-electron chi connectivity index (χ2n) is 7.21. The van der Waals surface area contributed by atoms with Gasteiger partial charge in [-0.05, 0) is 42.0 Å². The quantitative estimate of drug-likeness (QED) is 0.543. The Morgan fingerprint density at radius 1 is 1.40 bits per heavy atom. The third kappa shape index (κ3) is 4.32. The molecule has 2 aliphatic rings. The summed E-state index contributed by atoms with van der Waals surface area (Å²) >= 11 is 0. The third-order valence-electron chi connectivity index (χ3n) is 5.01. The zero-order valence-corrected chi connectivity index (χ0v) is 16.8. The molecule has 3 heterocycles. The van der Waals surface area contributed by atoms with Crippen molar-refractivity contribution in [3.63, 3.8) is 0 Å². The van der Waals surface area contributed by atoms with Crippen LogP contribution in [0.1, 0.15) is 28.8 Å². The number of hydrogen-bond donors (Lipinski definition) is 4. The topological polar surface area (TPSA) is 133 Å². The van der Waals surface area contributed by atoms with Gasteiger partial charge in [0.25, 0.3) is 5.91 Å². The van der Waals surface area contributed by atoms with Gasteiger partial charge >= 0.3 is 0 Å². The van der Waals surface area contributed by atoms with Crippen LogP contribution in [0.15, 0.2) is 40.9 Å². The van der Waals surface area contributed by atoms with Gasteiger partial charge in [0.2, 0.25) is 5.95 Å². The molecule has 1 saturated heterocycles. The van der Waals surface area contributed by atoms with Crippen molar-refractivity contribution in [3.8, 4) is 5.75 Å². The van der Waals surface area contributed by atoms with E-state index in [1.165, 1.54) is 12.3 Å². The molecule has 1 fully saturated rings.